The van der Waals surface area contributed by atoms with Crippen molar-refractivity contribution < 1.29 is 23.4 Å². The van der Waals surface area contributed by atoms with Crippen molar-refractivity contribution in [2.45, 2.75) is 18.4 Å². The molecule has 0 radical (unpaired) electrons. The minimum Gasteiger partial charge on any atom is -0.465 e. The van der Waals surface area contributed by atoms with Gasteiger partial charge in [-0.1, -0.05) is 0 Å². The summed E-state index contributed by atoms with van der Waals surface area (Å²) >= 11 is 0.735. The van der Waals surface area contributed by atoms with Crippen molar-refractivity contribution in [2.75, 3.05) is 12.4 Å². The monoisotopic (exact) mass is 262 g/mol. The van der Waals surface area contributed by atoms with Crippen LogP contribution in [0.2, 0.25) is 0 Å². The number of rotatable bonds is 5. The maximum atomic E-state index is 13.4. The standard InChI is InChI=1S/C11H12F2O3S/c1-2-16-10(15)6-17-11-8(12)3-7(5-14)4-9(11)13/h3-4,14H,2,5-6H2,1H3. The summed E-state index contributed by atoms with van der Waals surface area (Å²) in [4.78, 5) is 10.8. The molecule has 6 heteroatoms. The molecule has 0 aliphatic carbocycles. The molecule has 94 valence electrons. The Morgan fingerprint density at radius 3 is 2.47 bits per heavy atom. The summed E-state index contributed by atoms with van der Waals surface area (Å²) in [6.07, 6.45) is 0. The molecular weight excluding hydrogens is 250 g/mol. The Bertz CT molecular complexity index is 387. The number of hydrogen-bond donors (Lipinski definition) is 1. The summed E-state index contributed by atoms with van der Waals surface area (Å²) < 4.78 is 31.5. The summed E-state index contributed by atoms with van der Waals surface area (Å²) in [6, 6.07) is 2.08. The number of carbonyl (C=O) groups excluding carboxylic acids is 1. The summed E-state index contributed by atoms with van der Waals surface area (Å²) in [5.41, 5.74) is 0.153. The molecule has 0 fully saturated rings. The molecule has 0 spiro atoms. The van der Waals surface area contributed by atoms with Gasteiger partial charge in [0.25, 0.3) is 0 Å². The number of ether oxygens (including phenoxy) is 1. The van der Waals surface area contributed by atoms with Gasteiger partial charge in [0.05, 0.1) is 23.9 Å². The predicted molar refractivity (Wildman–Crippen MR) is 59.6 cm³/mol. The van der Waals surface area contributed by atoms with Crippen molar-refractivity contribution in [3.8, 4) is 0 Å². The van der Waals surface area contributed by atoms with E-state index in [0.717, 1.165) is 23.9 Å². The van der Waals surface area contributed by atoms with E-state index in [1.807, 2.05) is 0 Å². The van der Waals surface area contributed by atoms with E-state index in [1.54, 1.807) is 6.92 Å². The summed E-state index contributed by atoms with van der Waals surface area (Å²) in [6.45, 7) is 1.45. The fourth-order valence-corrected chi connectivity index (χ4v) is 1.91. The number of halogens is 2. The molecule has 0 unspecified atom stereocenters. The smallest absolute Gasteiger partial charge is 0.316 e. The summed E-state index contributed by atoms with van der Waals surface area (Å²) in [5, 5.41) is 8.75. The molecule has 0 aromatic heterocycles. The van der Waals surface area contributed by atoms with Crippen LogP contribution >= 0.6 is 11.8 Å². The SMILES string of the molecule is CCOC(=O)CSc1c(F)cc(CO)cc1F. The quantitative estimate of drug-likeness (QED) is 0.652. The van der Waals surface area contributed by atoms with Crippen LogP contribution in [0.5, 0.6) is 0 Å². The molecule has 0 bridgehead atoms. The molecule has 3 nitrogen and oxygen atoms in total. The Hall–Kier alpha value is -1.14. The van der Waals surface area contributed by atoms with Crippen LogP contribution in [-0.2, 0) is 16.1 Å². The van der Waals surface area contributed by atoms with Crippen molar-refractivity contribution in [2.24, 2.45) is 0 Å². The van der Waals surface area contributed by atoms with Gasteiger partial charge in [-0.2, -0.15) is 0 Å². The maximum Gasteiger partial charge on any atom is 0.316 e. The second kappa shape index (κ2) is 6.56. The van der Waals surface area contributed by atoms with E-state index in [4.69, 9.17) is 5.11 Å². The third kappa shape index (κ3) is 3.98. The number of hydrogen-bond acceptors (Lipinski definition) is 4. The van der Waals surface area contributed by atoms with Crippen molar-refractivity contribution in [1.82, 2.24) is 0 Å². The molecule has 0 atom stereocenters. The van der Waals surface area contributed by atoms with E-state index in [2.05, 4.69) is 4.74 Å². The first kappa shape index (κ1) is 13.9. The minimum atomic E-state index is -0.789. The minimum absolute atomic E-state index is 0.153. The summed E-state index contributed by atoms with van der Waals surface area (Å²) in [5.74, 6) is -2.26. The molecule has 0 aliphatic rings. The number of carbonyl (C=O) groups is 1. The molecule has 0 saturated heterocycles. The van der Waals surface area contributed by atoms with Crippen LogP contribution in [0.25, 0.3) is 0 Å². The second-order valence-corrected chi connectivity index (χ2v) is 4.13. The predicted octanol–water partition coefficient (Wildman–Crippen LogP) is 2.11. The second-order valence-electron chi connectivity index (χ2n) is 3.14. The zero-order chi connectivity index (χ0) is 12.8. The van der Waals surface area contributed by atoms with Gasteiger partial charge in [-0.05, 0) is 24.6 Å². The van der Waals surface area contributed by atoms with Gasteiger partial charge in [0.15, 0.2) is 0 Å². The van der Waals surface area contributed by atoms with Crippen LogP contribution < -0.4 is 0 Å². The molecule has 0 aliphatic heterocycles. The molecule has 0 saturated carbocycles. The zero-order valence-electron chi connectivity index (χ0n) is 9.20. The van der Waals surface area contributed by atoms with Crippen LogP contribution in [-0.4, -0.2) is 23.4 Å². The highest BCUT2D eigenvalue weighted by atomic mass is 32.2. The molecule has 1 rings (SSSR count). The topological polar surface area (TPSA) is 46.5 Å². The van der Waals surface area contributed by atoms with Crippen LogP contribution in [0.4, 0.5) is 8.78 Å². The van der Waals surface area contributed by atoms with E-state index in [9.17, 15) is 13.6 Å². The number of esters is 1. The molecule has 1 aromatic carbocycles. The molecule has 17 heavy (non-hydrogen) atoms. The Balaban J connectivity index is 2.74. The van der Waals surface area contributed by atoms with Gasteiger partial charge in [0.2, 0.25) is 0 Å². The first-order valence-corrected chi connectivity index (χ1v) is 5.94. The highest BCUT2D eigenvalue weighted by Crippen LogP contribution is 2.26. The van der Waals surface area contributed by atoms with Crippen molar-refractivity contribution >= 4 is 17.7 Å². The molecular formula is C11H12F2O3S. The fraction of sp³-hybridized carbons (Fsp3) is 0.364. The zero-order valence-corrected chi connectivity index (χ0v) is 10.0. The van der Waals surface area contributed by atoms with Crippen LogP contribution in [0.3, 0.4) is 0 Å². The Labute approximate surface area is 102 Å². The maximum absolute atomic E-state index is 13.4. The lowest BCUT2D eigenvalue weighted by Crippen LogP contribution is -2.07. The third-order valence-corrected chi connectivity index (χ3v) is 2.94. The lowest BCUT2D eigenvalue weighted by Gasteiger charge is -2.06. The fourth-order valence-electron chi connectivity index (χ4n) is 1.18. The van der Waals surface area contributed by atoms with E-state index >= 15 is 0 Å². The third-order valence-electron chi connectivity index (χ3n) is 1.88. The van der Waals surface area contributed by atoms with Gasteiger partial charge in [0.1, 0.15) is 11.6 Å². The molecule has 0 heterocycles. The van der Waals surface area contributed by atoms with Gasteiger partial charge in [-0.3, -0.25) is 4.79 Å². The van der Waals surface area contributed by atoms with Crippen molar-refractivity contribution in [3.05, 3.63) is 29.3 Å². The molecule has 1 aromatic rings. The Morgan fingerprint density at radius 1 is 1.41 bits per heavy atom. The highest BCUT2D eigenvalue weighted by Gasteiger charge is 2.13. The van der Waals surface area contributed by atoms with Gasteiger partial charge in [-0.25, -0.2) is 8.78 Å². The molecule has 1 N–H and O–H groups in total. The number of aliphatic hydroxyl groups is 1. The Kier molecular flexibility index (Phi) is 5.37. The summed E-state index contributed by atoms with van der Waals surface area (Å²) in [7, 11) is 0. The highest BCUT2D eigenvalue weighted by molar-refractivity contribution is 8.00. The molecule has 0 amide bonds. The Morgan fingerprint density at radius 2 is 2.00 bits per heavy atom. The first-order chi connectivity index (χ1) is 8.08. The van der Waals surface area contributed by atoms with Gasteiger partial charge < -0.3 is 9.84 Å². The van der Waals surface area contributed by atoms with Crippen LogP contribution in [0, 0.1) is 11.6 Å². The number of aliphatic hydroxyl groups excluding tert-OH is 1. The number of benzene rings is 1. The van der Waals surface area contributed by atoms with Gasteiger partial charge >= 0.3 is 5.97 Å². The van der Waals surface area contributed by atoms with E-state index in [-0.39, 0.29) is 22.8 Å². The lowest BCUT2D eigenvalue weighted by molar-refractivity contribution is -0.139. The average Bonchev–Trinajstić information content (AvgIpc) is 2.28. The largest absolute Gasteiger partial charge is 0.465 e. The van der Waals surface area contributed by atoms with Crippen molar-refractivity contribution in [1.29, 1.82) is 0 Å². The van der Waals surface area contributed by atoms with Crippen molar-refractivity contribution in [3.63, 3.8) is 0 Å². The van der Waals surface area contributed by atoms with Gasteiger partial charge in [-0.15, -0.1) is 11.8 Å². The van der Waals surface area contributed by atoms with Gasteiger partial charge in [0, 0.05) is 0 Å². The van der Waals surface area contributed by atoms with Crippen LogP contribution in [0.1, 0.15) is 12.5 Å². The van der Waals surface area contributed by atoms with Crippen LogP contribution in [0.15, 0.2) is 17.0 Å². The number of thioether (sulfide) groups is 1. The average molecular weight is 262 g/mol. The van der Waals surface area contributed by atoms with E-state index in [0.29, 0.717) is 0 Å². The first-order valence-electron chi connectivity index (χ1n) is 4.95. The van der Waals surface area contributed by atoms with E-state index < -0.39 is 24.2 Å². The lowest BCUT2D eigenvalue weighted by atomic mass is 10.2. The normalized spacial score (nSPS) is 10.4. The van der Waals surface area contributed by atoms with E-state index in [1.165, 1.54) is 0 Å².